The van der Waals surface area contributed by atoms with Gasteiger partial charge >= 0.3 is 0 Å². The summed E-state index contributed by atoms with van der Waals surface area (Å²) in [6, 6.07) is 3.09. The van der Waals surface area contributed by atoms with E-state index in [-0.39, 0.29) is 23.7 Å². The molecule has 0 aliphatic carbocycles. The molecule has 0 aliphatic heterocycles. The molecule has 0 unspecified atom stereocenters. The van der Waals surface area contributed by atoms with Gasteiger partial charge in [-0.3, -0.25) is 4.79 Å². The van der Waals surface area contributed by atoms with Crippen molar-refractivity contribution in [2.24, 2.45) is 0 Å². The number of aliphatic hydroxyl groups is 1. The van der Waals surface area contributed by atoms with Crippen LogP contribution in [0.5, 0.6) is 11.5 Å². The lowest BCUT2D eigenvalue weighted by molar-refractivity contribution is 0.112. The Bertz CT molecular complexity index is 382. The fourth-order valence-electron chi connectivity index (χ4n) is 1.18. The Morgan fingerprint density at radius 2 is 2.20 bits per heavy atom. The molecule has 1 rings (SSSR count). The summed E-state index contributed by atoms with van der Waals surface area (Å²) in [6.45, 7) is -0.0837. The van der Waals surface area contributed by atoms with Gasteiger partial charge in [0.05, 0.1) is 19.3 Å². The quantitative estimate of drug-likeness (QED) is 0.730. The maximum Gasteiger partial charge on any atom is 0.168 e. The van der Waals surface area contributed by atoms with Gasteiger partial charge in [-0.15, -0.1) is 0 Å². The second kappa shape index (κ2) is 5.17. The molecule has 0 saturated carbocycles. The van der Waals surface area contributed by atoms with Crippen LogP contribution < -0.4 is 4.74 Å². The molecule has 4 heteroatoms. The summed E-state index contributed by atoms with van der Waals surface area (Å²) in [5.41, 5.74) is 0.840. The third-order valence-electron chi connectivity index (χ3n) is 1.89. The average Bonchev–Trinajstić information content (AvgIpc) is 2.27. The molecule has 4 nitrogen and oxygen atoms in total. The molecule has 0 saturated heterocycles. The maximum absolute atomic E-state index is 10.6. The minimum atomic E-state index is -0.173. The van der Waals surface area contributed by atoms with Gasteiger partial charge in [-0.2, -0.15) is 0 Å². The van der Waals surface area contributed by atoms with Crippen LogP contribution in [0.1, 0.15) is 15.9 Å². The van der Waals surface area contributed by atoms with Crippen LogP contribution in [-0.2, 0) is 0 Å². The van der Waals surface area contributed by atoms with E-state index in [1.165, 1.54) is 19.3 Å². The smallest absolute Gasteiger partial charge is 0.168 e. The second-order valence-electron chi connectivity index (χ2n) is 2.86. The van der Waals surface area contributed by atoms with E-state index in [4.69, 9.17) is 9.84 Å². The molecule has 1 aromatic rings. The fraction of sp³-hybridized carbons (Fsp3) is 0.182. The van der Waals surface area contributed by atoms with Crippen LogP contribution >= 0.6 is 0 Å². The summed E-state index contributed by atoms with van der Waals surface area (Å²) in [5.74, 6) is 0.0610. The average molecular weight is 208 g/mol. The van der Waals surface area contributed by atoms with Crippen molar-refractivity contribution in [1.82, 2.24) is 0 Å². The van der Waals surface area contributed by atoms with Gasteiger partial charge in [-0.25, -0.2) is 0 Å². The number of phenols is 1. The zero-order valence-corrected chi connectivity index (χ0v) is 8.30. The zero-order valence-electron chi connectivity index (χ0n) is 8.30. The number of aldehydes is 1. The van der Waals surface area contributed by atoms with Crippen LogP contribution in [0.4, 0.5) is 0 Å². The molecule has 0 spiro atoms. The number of methoxy groups -OCH3 is 1. The van der Waals surface area contributed by atoms with Crippen molar-refractivity contribution in [3.05, 3.63) is 29.3 Å². The predicted octanol–water partition coefficient (Wildman–Crippen LogP) is 1.22. The number of rotatable bonds is 4. The molecule has 2 N–H and O–H groups in total. The number of hydrogen-bond acceptors (Lipinski definition) is 4. The predicted molar refractivity (Wildman–Crippen MR) is 56.2 cm³/mol. The Morgan fingerprint density at radius 3 is 2.73 bits per heavy atom. The first-order chi connectivity index (χ1) is 7.22. The normalized spacial score (nSPS) is 10.5. The number of aliphatic hydroxyl groups excluding tert-OH is 1. The molecular formula is C11H12O4. The Morgan fingerprint density at radius 1 is 1.47 bits per heavy atom. The number of carbonyl (C=O) groups excluding carboxylic acids is 1. The first-order valence-electron chi connectivity index (χ1n) is 4.36. The molecule has 0 heterocycles. The highest BCUT2D eigenvalue weighted by molar-refractivity contribution is 5.82. The summed E-state index contributed by atoms with van der Waals surface area (Å²) in [4.78, 5) is 10.6. The van der Waals surface area contributed by atoms with Crippen molar-refractivity contribution in [2.75, 3.05) is 13.7 Å². The standard InChI is InChI=1S/C11H12O4/c1-15-10-6-8(3-2-4-12)5-9(7-13)11(10)14/h2-3,5-7,12,14H,4H2,1H3/b3-2+. The monoisotopic (exact) mass is 208 g/mol. The van der Waals surface area contributed by atoms with Crippen molar-refractivity contribution in [2.45, 2.75) is 0 Å². The van der Waals surface area contributed by atoms with E-state index in [0.717, 1.165) is 0 Å². The highest BCUT2D eigenvalue weighted by Crippen LogP contribution is 2.30. The van der Waals surface area contributed by atoms with Gasteiger partial charge in [0.2, 0.25) is 0 Å². The van der Waals surface area contributed by atoms with Gasteiger partial charge in [0.1, 0.15) is 0 Å². The molecule has 0 fully saturated rings. The van der Waals surface area contributed by atoms with Gasteiger partial charge in [0, 0.05) is 0 Å². The van der Waals surface area contributed by atoms with E-state index in [0.29, 0.717) is 11.8 Å². The number of phenolic OH excluding ortho intramolecular Hbond substituents is 1. The molecule has 1 aromatic carbocycles. The van der Waals surface area contributed by atoms with E-state index in [2.05, 4.69) is 0 Å². The van der Waals surface area contributed by atoms with E-state index in [9.17, 15) is 9.90 Å². The first-order valence-corrected chi connectivity index (χ1v) is 4.36. The van der Waals surface area contributed by atoms with Gasteiger partial charge in [-0.05, 0) is 17.7 Å². The third kappa shape index (κ3) is 2.57. The van der Waals surface area contributed by atoms with E-state index < -0.39 is 0 Å². The molecule has 15 heavy (non-hydrogen) atoms. The Kier molecular flexibility index (Phi) is 3.88. The van der Waals surface area contributed by atoms with E-state index >= 15 is 0 Å². The molecule has 0 atom stereocenters. The van der Waals surface area contributed by atoms with Crippen molar-refractivity contribution in [3.63, 3.8) is 0 Å². The molecule has 0 bridgehead atoms. The van der Waals surface area contributed by atoms with Crippen LogP contribution in [-0.4, -0.2) is 30.2 Å². The lowest BCUT2D eigenvalue weighted by Gasteiger charge is -2.06. The minimum Gasteiger partial charge on any atom is -0.504 e. The highest BCUT2D eigenvalue weighted by atomic mass is 16.5. The van der Waals surface area contributed by atoms with Crippen LogP contribution in [0.25, 0.3) is 6.08 Å². The van der Waals surface area contributed by atoms with Crippen LogP contribution in [0.15, 0.2) is 18.2 Å². The number of aromatic hydroxyl groups is 1. The van der Waals surface area contributed by atoms with Crippen molar-refractivity contribution in [1.29, 1.82) is 0 Å². The number of carbonyl (C=O) groups is 1. The third-order valence-corrected chi connectivity index (χ3v) is 1.89. The summed E-state index contributed by atoms with van der Waals surface area (Å²) in [7, 11) is 1.41. The highest BCUT2D eigenvalue weighted by Gasteiger charge is 2.08. The van der Waals surface area contributed by atoms with Crippen LogP contribution in [0.2, 0.25) is 0 Å². The van der Waals surface area contributed by atoms with Gasteiger partial charge in [-0.1, -0.05) is 12.2 Å². The maximum atomic E-state index is 10.6. The van der Waals surface area contributed by atoms with Gasteiger partial charge < -0.3 is 14.9 Å². The number of benzene rings is 1. The molecule has 0 radical (unpaired) electrons. The summed E-state index contributed by atoms with van der Waals surface area (Å²) >= 11 is 0. The number of ether oxygens (including phenoxy) is 1. The van der Waals surface area contributed by atoms with Crippen molar-refractivity contribution >= 4 is 12.4 Å². The lowest BCUT2D eigenvalue weighted by Crippen LogP contribution is -1.90. The lowest BCUT2D eigenvalue weighted by atomic mass is 10.1. The van der Waals surface area contributed by atoms with Gasteiger partial charge in [0.25, 0.3) is 0 Å². The van der Waals surface area contributed by atoms with Crippen LogP contribution in [0.3, 0.4) is 0 Å². The number of hydrogen-bond donors (Lipinski definition) is 2. The molecule has 0 amide bonds. The Labute approximate surface area is 87.4 Å². The van der Waals surface area contributed by atoms with Crippen molar-refractivity contribution < 1.29 is 19.7 Å². The Hall–Kier alpha value is -1.81. The van der Waals surface area contributed by atoms with Crippen molar-refractivity contribution in [3.8, 4) is 11.5 Å². The summed E-state index contributed by atoms with van der Waals surface area (Å²) in [6.07, 6.45) is 3.71. The largest absolute Gasteiger partial charge is 0.504 e. The van der Waals surface area contributed by atoms with E-state index in [1.54, 1.807) is 12.1 Å². The Balaban J connectivity index is 3.20. The topological polar surface area (TPSA) is 66.8 Å². The molecular weight excluding hydrogens is 196 g/mol. The fourth-order valence-corrected chi connectivity index (χ4v) is 1.18. The van der Waals surface area contributed by atoms with Crippen LogP contribution in [0, 0.1) is 0 Å². The van der Waals surface area contributed by atoms with E-state index in [1.807, 2.05) is 0 Å². The zero-order chi connectivity index (χ0) is 11.3. The summed E-state index contributed by atoms with van der Waals surface area (Å²) in [5, 5.41) is 18.1. The second-order valence-corrected chi connectivity index (χ2v) is 2.86. The first kappa shape index (κ1) is 11.3. The molecule has 0 aliphatic rings. The minimum absolute atomic E-state index is 0.0837. The van der Waals surface area contributed by atoms with Gasteiger partial charge in [0.15, 0.2) is 17.8 Å². The summed E-state index contributed by atoms with van der Waals surface area (Å²) < 4.78 is 4.90. The SMILES string of the molecule is COc1cc(/C=C/CO)cc(C=O)c1O. The molecule has 0 aromatic heterocycles. The molecule has 80 valence electrons.